The summed E-state index contributed by atoms with van der Waals surface area (Å²) in [6.45, 7) is 4.31. The Hall–Kier alpha value is -2.35. The molecule has 106 valence electrons. The lowest BCUT2D eigenvalue weighted by Crippen LogP contribution is -2.23. The molecular formula is C15H17NO4. The standard InChI is InChI=1S/C15H17NO4/c1-3-9-20-12-7-5-11(6-8-12)13(10-16)14(17)15(18)19-4-2/h5-8,13H,3-4,9H2,1-2H3. The minimum absolute atomic E-state index is 0.104. The molecule has 0 amide bonds. The number of esters is 1. The zero-order valence-corrected chi connectivity index (χ0v) is 11.6. The Bertz CT molecular complexity index is 502. The summed E-state index contributed by atoms with van der Waals surface area (Å²) in [6, 6.07) is 8.39. The first-order chi connectivity index (χ1) is 9.63. The Morgan fingerprint density at radius 3 is 2.40 bits per heavy atom. The first-order valence-electron chi connectivity index (χ1n) is 6.47. The van der Waals surface area contributed by atoms with Crippen LogP contribution < -0.4 is 4.74 Å². The Morgan fingerprint density at radius 1 is 1.25 bits per heavy atom. The van der Waals surface area contributed by atoms with Gasteiger partial charge >= 0.3 is 5.97 Å². The third-order valence-electron chi connectivity index (χ3n) is 2.55. The van der Waals surface area contributed by atoms with Crippen molar-refractivity contribution in [3.05, 3.63) is 29.8 Å². The lowest BCUT2D eigenvalue weighted by Gasteiger charge is -2.09. The fraction of sp³-hybridized carbons (Fsp3) is 0.400. The van der Waals surface area contributed by atoms with Crippen LogP contribution in [0, 0.1) is 11.3 Å². The summed E-state index contributed by atoms with van der Waals surface area (Å²) in [4.78, 5) is 23.2. The third-order valence-corrected chi connectivity index (χ3v) is 2.55. The van der Waals surface area contributed by atoms with Crippen molar-refractivity contribution in [1.82, 2.24) is 0 Å². The van der Waals surface area contributed by atoms with Crippen LogP contribution in [0.5, 0.6) is 5.75 Å². The molecule has 0 aliphatic carbocycles. The van der Waals surface area contributed by atoms with Crippen LogP contribution in [-0.4, -0.2) is 25.0 Å². The van der Waals surface area contributed by atoms with Crippen LogP contribution in [0.25, 0.3) is 0 Å². The second-order valence-electron chi connectivity index (χ2n) is 4.06. The highest BCUT2D eigenvalue weighted by molar-refractivity contribution is 6.36. The molecule has 5 heteroatoms. The van der Waals surface area contributed by atoms with Crippen molar-refractivity contribution < 1.29 is 19.1 Å². The maximum atomic E-state index is 11.8. The van der Waals surface area contributed by atoms with E-state index in [4.69, 9.17) is 10.00 Å². The van der Waals surface area contributed by atoms with Crippen molar-refractivity contribution in [3.63, 3.8) is 0 Å². The van der Waals surface area contributed by atoms with Crippen LogP contribution in [-0.2, 0) is 14.3 Å². The van der Waals surface area contributed by atoms with Gasteiger partial charge in [0, 0.05) is 0 Å². The van der Waals surface area contributed by atoms with Gasteiger partial charge in [-0.05, 0) is 31.0 Å². The Morgan fingerprint density at radius 2 is 1.90 bits per heavy atom. The highest BCUT2D eigenvalue weighted by atomic mass is 16.5. The van der Waals surface area contributed by atoms with Gasteiger partial charge in [0.2, 0.25) is 0 Å². The number of hydrogen-bond donors (Lipinski definition) is 0. The largest absolute Gasteiger partial charge is 0.494 e. The van der Waals surface area contributed by atoms with E-state index in [1.165, 1.54) is 0 Å². The summed E-state index contributed by atoms with van der Waals surface area (Å²) in [6.07, 6.45) is 0.893. The summed E-state index contributed by atoms with van der Waals surface area (Å²) >= 11 is 0. The Kier molecular flexibility index (Phi) is 6.24. The summed E-state index contributed by atoms with van der Waals surface area (Å²) in [7, 11) is 0. The second kappa shape index (κ2) is 7.95. The van der Waals surface area contributed by atoms with Gasteiger partial charge in [-0.15, -0.1) is 0 Å². The zero-order chi connectivity index (χ0) is 15.0. The SMILES string of the molecule is CCCOc1ccc(C(C#N)C(=O)C(=O)OCC)cc1. The predicted molar refractivity (Wildman–Crippen MR) is 72.2 cm³/mol. The molecule has 1 atom stereocenters. The molecule has 0 aliphatic heterocycles. The van der Waals surface area contributed by atoms with Gasteiger partial charge in [0.25, 0.3) is 5.78 Å². The number of nitriles is 1. The van der Waals surface area contributed by atoms with Gasteiger partial charge in [-0.25, -0.2) is 4.79 Å². The maximum absolute atomic E-state index is 11.8. The number of benzene rings is 1. The molecule has 0 fully saturated rings. The van der Waals surface area contributed by atoms with Gasteiger partial charge in [-0.1, -0.05) is 19.1 Å². The van der Waals surface area contributed by atoms with Crippen molar-refractivity contribution in [2.45, 2.75) is 26.2 Å². The van der Waals surface area contributed by atoms with E-state index < -0.39 is 17.7 Å². The molecule has 0 aliphatic rings. The Labute approximate surface area is 118 Å². The number of ketones is 1. The minimum atomic E-state index is -1.14. The quantitative estimate of drug-likeness (QED) is 0.563. The van der Waals surface area contributed by atoms with E-state index in [9.17, 15) is 9.59 Å². The molecule has 0 saturated heterocycles. The van der Waals surface area contributed by atoms with E-state index in [0.717, 1.165) is 6.42 Å². The Balaban J connectivity index is 2.83. The van der Waals surface area contributed by atoms with Crippen molar-refractivity contribution in [2.75, 3.05) is 13.2 Å². The lowest BCUT2D eigenvalue weighted by molar-refractivity contribution is -0.153. The molecule has 20 heavy (non-hydrogen) atoms. The molecule has 0 heterocycles. The molecule has 0 aromatic heterocycles. The molecule has 0 spiro atoms. The average Bonchev–Trinajstić information content (AvgIpc) is 2.47. The highest BCUT2D eigenvalue weighted by Crippen LogP contribution is 2.20. The van der Waals surface area contributed by atoms with Crippen LogP contribution in [0.2, 0.25) is 0 Å². The molecule has 0 saturated carbocycles. The lowest BCUT2D eigenvalue weighted by atomic mass is 9.96. The average molecular weight is 275 g/mol. The summed E-state index contributed by atoms with van der Waals surface area (Å²) < 4.78 is 10.0. The highest BCUT2D eigenvalue weighted by Gasteiger charge is 2.27. The zero-order valence-electron chi connectivity index (χ0n) is 11.6. The molecule has 1 rings (SSSR count). The molecule has 1 aromatic rings. The molecule has 1 unspecified atom stereocenters. The number of ether oxygens (including phenoxy) is 2. The number of carbonyl (C=O) groups is 2. The first kappa shape index (κ1) is 15.7. The van der Waals surface area contributed by atoms with Crippen LogP contribution in [0.4, 0.5) is 0 Å². The van der Waals surface area contributed by atoms with E-state index in [1.807, 2.05) is 13.0 Å². The predicted octanol–water partition coefficient (Wildman–Crippen LogP) is 2.21. The smallest absolute Gasteiger partial charge is 0.376 e. The topological polar surface area (TPSA) is 76.4 Å². The number of carbonyl (C=O) groups excluding carboxylic acids is 2. The van der Waals surface area contributed by atoms with Gasteiger partial charge < -0.3 is 9.47 Å². The van der Waals surface area contributed by atoms with Crippen molar-refractivity contribution in [3.8, 4) is 11.8 Å². The number of nitrogens with zero attached hydrogens (tertiary/aromatic N) is 1. The van der Waals surface area contributed by atoms with Gasteiger partial charge in [0.05, 0.1) is 19.3 Å². The van der Waals surface area contributed by atoms with E-state index in [0.29, 0.717) is 17.9 Å². The van der Waals surface area contributed by atoms with Crippen molar-refractivity contribution in [2.24, 2.45) is 0 Å². The van der Waals surface area contributed by atoms with Crippen molar-refractivity contribution >= 4 is 11.8 Å². The number of Topliss-reactive ketones (excluding diaryl/α,β-unsaturated/α-hetero) is 1. The first-order valence-corrected chi connectivity index (χ1v) is 6.47. The molecule has 1 aromatic carbocycles. The number of rotatable bonds is 7. The molecule has 5 nitrogen and oxygen atoms in total. The fourth-order valence-corrected chi connectivity index (χ4v) is 1.58. The van der Waals surface area contributed by atoms with E-state index >= 15 is 0 Å². The minimum Gasteiger partial charge on any atom is -0.494 e. The normalized spacial score (nSPS) is 11.2. The second-order valence-corrected chi connectivity index (χ2v) is 4.06. The monoisotopic (exact) mass is 275 g/mol. The summed E-state index contributed by atoms with van der Waals surface area (Å²) in [5, 5.41) is 9.07. The van der Waals surface area contributed by atoms with Crippen molar-refractivity contribution in [1.29, 1.82) is 5.26 Å². The molecular weight excluding hydrogens is 258 g/mol. The summed E-state index contributed by atoms with van der Waals surface area (Å²) in [5.74, 6) is -2.31. The van der Waals surface area contributed by atoms with Crippen LogP contribution in [0.15, 0.2) is 24.3 Å². The molecule has 0 bridgehead atoms. The third kappa shape index (κ3) is 4.09. The van der Waals surface area contributed by atoms with E-state index in [2.05, 4.69) is 4.74 Å². The number of hydrogen-bond acceptors (Lipinski definition) is 5. The van der Waals surface area contributed by atoms with Gasteiger partial charge in [0.1, 0.15) is 11.7 Å². The van der Waals surface area contributed by atoms with E-state index in [-0.39, 0.29) is 6.61 Å². The maximum Gasteiger partial charge on any atom is 0.376 e. The summed E-state index contributed by atoms with van der Waals surface area (Å²) in [5.41, 5.74) is 0.453. The van der Waals surface area contributed by atoms with Crippen LogP contribution in [0.3, 0.4) is 0 Å². The van der Waals surface area contributed by atoms with Crippen LogP contribution >= 0.6 is 0 Å². The van der Waals surface area contributed by atoms with Gasteiger partial charge in [0.15, 0.2) is 0 Å². The van der Waals surface area contributed by atoms with E-state index in [1.54, 1.807) is 31.2 Å². The fourth-order valence-electron chi connectivity index (χ4n) is 1.58. The molecule has 0 N–H and O–H groups in total. The van der Waals surface area contributed by atoms with Gasteiger partial charge in [-0.3, -0.25) is 4.79 Å². The molecule has 0 radical (unpaired) electrons. The van der Waals surface area contributed by atoms with Gasteiger partial charge in [-0.2, -0.15) is 5.26 Å². The van der Waals surface area contributed by atoms with Crippen LogP contribution in [0.1, 0.15) is 31.7 Å².